The van der Waals surface area contributed by atoms with Gasteiger partial charge in [-0.25, -0.2) is 4.98 Å². The lowest BCUT2D eigenvalue weighted by atomic mass is 10.1. The highest BCUT2D eigenvalue weighted by molar-refractivity contribution is 7.13. The third kappa shape index (κ3) is 5.19. The first kappa shape index (κ1) is 19.6. The molecule has 0 aliphatic rings. The van der Waals surface area contributed by atoms with Gasteiger partial charge in [-0.15, -0.1) is 11.3 Å². The number of aliphatic hydroxyl groups is 1. The number of aryl methyl sites for hydroxylation is 1. The van der Waals surface area contributed by atoms with Crippen LogP contribution in [-0.2, 0) is 11.2 Å². The lowest BCUT2D eigenvalue weighted by Gasteiger charge is -2.16. The lowest BCUT2D eigenvalue weighted by Crippen LogP contribution is -2.07. The van der Waals surface area contributed by atoms with Crippen LogP contribution >= 0.6 is 11.3 Å². The van der Waals surface area contributed by atoms with Crippen molar-refractivity contribution in [2.75, 3.05) is 19.8 Å². The minimum absolute atomic E-state index is 0.0810. The molecule has 0 fully saturated rings. The van der Waals surface area contributed by atoms with Gasteiger partial charge >= 0.3 is 0 Å². The molecule has 2 aromatic heterocycles. The molecule has 0 aliphatic carbocycles. The number of aromatic nitrogens is 1. The Bertz CT molecular complexity index is 805. The molecular weight excluding hydrogens is 362 g/mol. The fourth-order valence-corrected chi connectivity index (χ4v) is 3.52. The molecule has 1 atom stereocenters. The Kier molecular flexibility index (Phi) is 7.04. The van der Waals surface area contributed by atoms with E-state index in [9.17, 15) is 5.11 Å². The number of hydrogen-bond acceptors (Lipinski definition) is 6. The van der Waals surface area contributed by atoms with Gasteiger partial charge in [0.05, 0.1) is 23.3 Å². The van der Waals surface area contributed by atoms with Crippen LogP contribution in [0.15, 0.2) is 46.2 Å². The Balaban J connectivity index is 1.55. The molecule has 3 aromatic rings. The number of ether oxygens (including phenoxy) is 2. The van der Waals surface area contributed by atoms with Gasteiger partial charge in [-0.1, -0.05) is 18.2 Å². The fraction of sp³-hybridized carbons (Fsp3) is 0.381. The van der Waals surface area contributed by atoms with Gasteiger partial charge in [0.15, 0.2) is 0 Å². The predicted molar refractivity (Wildman–Crippen MR) is 106 cm³/mol. The highest BCUT2D eigenvalue weighted by Gasteiger charge is 2.13. The maximum atomic E-state index is 9.17. The summed E-state index contributed by atoms with van der Waals surface area (Å²) in [6.45, 7) is 5.14. The van der Waals surface area contributed by atoms with Gasteiger partial charge in [0.2, 0.25) is 5.89 Å². The van der Waals surface area contributed by atoms with Crippen molar-refractivity contribution in [2.45, 2.75) is 32.8 Å². The second-order valence-electron chi connectivity index (χ2n) is 6.12. The zero-order valence-electron chi connectivity index (χ0n) is 15.7. The van der Waals surface area contributed by atoms with Crippen molar-refractivity contribution in [1.29, 1.82) is 0 Å². The summed E-state index contributed by atoms with van der Waals surface area (Å²) in [4.78, 5) is 5.62. The van der Waals surface area contributed by atoms with Gasteiger partial charge in [-0.3, -0.25) is 0 Å². The minimum Gasteiger partial charge on any atom is -0.493 e. The normalized spacial score (nSPS) is 12.3. The minimum atomic E-state index is -0.0810. The van der Waals surface area contributed by atoms with Crippen molar-refractivity contribution in [2.24, 2.45) is 0 Å². The van der Waals surface area contributed by atoms with Crippen molar-refractivity contribution < 1.29 is 19.0 Å². The van der Waals surface area contributed by atoms with Crippen LogP contribution in [0.4, 0.5) is 0 Å². The summed E-state index contributed by atoms with van der Waals surface area (Å²) in [5.41, 5.74) is 1.97. The van der Waals surface area contributed by atoms with Crippen molar-refractivity contribution >= 4 is 11.3 Å². The summed E-state index contributed by atoms with van der Waals surface area (Å²) in [6.07, 6.45) is 1.20. The number of nitrogens with zero attached hydrogens (tertiary/aromatic N) is 1. The van der Waals surface area contributed by atoms with E-state index in [4.69, 9.17) is 13.9 Å². The molecule has 1 unspecified atom stereocenters. The quantitative estimate of drug-likeness (QED) is 0.542. The molecule has 0 radical (unpaired) electrons. The van der Waals surface area contributed by atoms with Crippen molar-refractivity contribution in [1.82, 2.24) is 4.98 Å². The van der Waals surface area contributed by atoms with Crippen LogP contribution in [0, 0.1) is 6.92 Å². The van der Waals surface area contributed by atoms with Crippen molar-refractivity contribution in [3.8, 4) is 16.5 Å². The molecule has 5 nitrogen and oxygen atoms in total. The molecule has 2 heterocycles. The number of aliphatic hydroxyl groups excluding tert-OH is 1. The maximum absolute atomic E-state index is 9.17. The summed E-state index contributed by atoms with van der Waals surface area (Å²) in [5, 5.41) is 11.2. The van der Waals surface area contributed by atoms with E-state index in [0.29, 0.717) is 31.9 Å². The lowest BCUT2D eigenvalue weighted by molar-refractivity contribution is 0.0432. The molecule has 1 aromatic carbocycles. The maximum Gasteiger partial charge on any atom is 0.236 e. The van der Waals surface area contributed by atoms with Gasteiger partial charge in [-0.05, 0) is 43.0 Å². The first-order valence-corrected chi connectivity index (χ1v) is 10.0. The van der Waals surface area contributed by atoms with Crippen LogP contribution in [0.3, 0.4) is 0 Å². The summed E-state index contributed by atoms with van der Waals surface area (Å²) in [7, 11) is 0. The van der Waals surface area contributed by atoms with E-state index in [2.05, 4.69) is 4.98 Å². The summed E-state index contributed by atoms with van der Waals surface area (Å²) in [6, 6.07) is 11.8. The van der Waals surface area contributed by atoms with E-state index in [1.54, 1.807) is 11.3 Å². The number of hydrogen-bond donors (Lipinski definition) is 1. The van der Waals surface area contributed by atoms with E-state index < -0.39 is 0 Å². The SMILES string of the molecule is CCOC(CCO)c1ccc(OCCc2nc(-c3cccs3)oc2C)cc1. The van der Waals surface area contributed by atoms with Crippen LogP contribution in [0.2, 0.25) is 0 Å². The van der Waals surface area contributed by atoms with Crippen LogP contribution in [-0.4, -0.2) is 29.9 Å². The summed E-state index contributed by atoms with van der Waals surface area (Å²) < 4.78 is 17.3. The summed E-state index contributed by atoms with van der Waals surface area (Å²) >= 11 is 1.62. The number of thiophene rings is 1. The largest absolute Gasteiger partial charge is 0.493 e. The smallest absolute Gasteiger partial charge is 0.236 e. The van der Waals surface area contributed by atoms with Crippen LogP contribution in [0.1, 0.15) is 36.5 Å². The van der Waals surface area contributed by atoms with E-state index in [1.807, 2.05) is 55.6 Å². The first-order chi connectivity index (χ1) is 13.2. The molecule has 6 heteroatoms. The van der Waals surface area contributed by atoms with Gasteiger partial charge in [0, 0.05) is 26.1 Å². The monoisotopic (exact) mass is 387 g/mol. The van der Waals surface area contributed by atoms with E-state index in [-0.39, 0.29) is 12.7 Å². The number of rotatable bonds is 10. The molecule has 1 N–H and O–H groups in total. The average Bonchev–Trinajstić information content (AvgIpc) is 3.32. The summed E-state index contributed by atoms with van der Waals surface area (Å²) in [5.74, 6) is 2.31. The molecule has 0 amide bonds. The van der Waals surface area contributed by atoms with E-state index in [1.165, 1.54) is 0 Å². The molecular formula is C21H25NO4S. The standard InChI is InChI=1S/C21H25NO4S/c1-3-24-19(10-12-23)16-6-8-17(9-7-16)25-13-11-18-15(2)26-21(22-18)20-5-4-14-27-20/h4-9,14,19,23H,3,10-13H2,1-2H3. The fourth-order valence-electron chi connectivity index (χ4n) is 2.87. The Morgan fingerprint density at radius 2 is 2.04 bits per heavy atom. The molecule has 144 valence electrons. The average molecular weight is 388 g/mol. The van der Waals surface area contributed by atoms with Crippen LogP contribution in [0.5, 0.6) is 5.75 Å². The van der Waals surface area contributed by atoms with Gasteiger partial charge < -0.3 is 19.0 Å². The van der Waals surface area contributed by atoms with E-state index >= 15 is 0 Å². The topological polar surface area (TPSA) is 64.7 Å². The second kappa shape index (κ2) is 9.69. The Hall–Kier alpha value is -2.15. The molecule has 0 spiro atoms. The van der Waals surface area contributed by atoms with Crippen LogP contribution in [0.25, 0.3) is 10.8 Å². The second-order valence-corrected chi connectivity index (χ2v) is 7.07. The predicted octanol–water partition coefficient (Wildman–Crippen LogP) is 4.79. The van der Waals surface area contributed by atoms with Crippen LogP contribution < -0.4 is 4.74 Å². The van der Waals surface area contributed by atoms with Gasteiger partial charge in [-0.2, -0.15) is 0 Å². The molecule has 27 heavy (non-hydrogen) atoms. The highest BCUT2D eigenvalue weighted by atomic mass is 32.1. The third-order valence-corrected chi connectivity index (χ3v) is 5.10. The first-order valence-electron chi connectivity index (χ1n) is 9.16. The van der Waals surface area contributed by atoms with Gasteiger partial charge in [0.25, 0.3) is 0 Å². The zero-order chi connectivity index (χ0) is 19.1. The number of benzene rings is 1. The van der Waals surface area contributed by atoms with Crippen molar-refractivity contribution in [3.05, 3.63) is 58.8 Å². The Morgan fingerprint density at radius 3 is 2.70 bits per heavy atom. The van der Waals surface area contributed by atoms with Gasteiger partial charge in [0.1, 0.15) is 11.5 Å². The Labute approximate surface area is 163 Å². The molecule has 0 saturated heterocycles. The third-order valence-electron chi connectivity index (χ3n) is 4.24. The highest BCUT2D eigenvalue weighted by Crippen LogP contribution is 2.26. The molecule has 0 saturated carbocycles. The van der Waals surface area contributed by atoms with E-state index in [0.717, 1.165) is 27.6 Å². The molecule has 0 aliphatic heterocycles. The molecule has 3 rings (SSSR count). The zero-order valence-corrected chi connectivity index (χ0v) is 16.5. The number of oxazole rings is 1. The van der Waals surface area contributed by atoms with Crippen molar-refractivity contribution in [3.63, 3.8) is 0 Å². The molecule has 0 bridgehead atoms. The Morgan fingerprint density at radius 1 is 1.22 bits per heavy atom.